The monoisotopic (exact) mass is 242 g/mol. The van der Waals surface area contributed by atoms with E-state index in [4.69, 9.17) is 20.8 Å². The zero-order chi connectivity index (χ0) is 11.4. The van der Waals surface area contributed by atoms with Gasteiger partial charge in [0, 0.05) is 6.07 Å². The predicted octanol–water partition coefficient (Wildman–Crippen LogP) is 2.53. The summed E-state index contributed by atoms with van der Waals surface area (Å²) in [4.78, 5) is 0. The number of halogens is 2. The van der Waals surface area contributed by atoms with Crippen LogP contribution in [-0.4, -0.2) is 10.2 Å². The molecule has 2 rings (SSSR count). The molecule has 0 saturated heterocycles. The first-order chi connectivity index (χ1) is 7.78. The Kier molecular flexibility index (Phi) is 3.36. The second-order valence-electron chi connectivity index (χ2n) is 2.97. The van der Waals surface area contributed by atoms with Gasteiger partial charge in [-0.1, -0.05) is 6.07 Å². The van der Waals surface area contributed by atoms with Crippen molar-refractivity contribution in [2.24, 2.45) is 0 Å². The van der Waals surface area contributed by atoms with Gasteiger partial charge in [0.15, 0.2) is 6.61 Å². The Bertz CT molecular complexity index is 475. The van der Waals surface area contributed by atoms with Crippen LogP contribution >= 0.6 is 11.6 Å². The number of ether oxygens (including phenoxy) is 1. The fraction of sp³-hybridized carbons (Fsp3) is 0.200. The molecule has 4 nitrogen and oxygen atoms in total. The maximum absolute atomic E-state index is 12.8. The molecule has 0 bridgehead atoms. The lowest BCUT2D eigenvalue weighted by Crippen LogP contribution is -1.95. The molecule has 0 fully saturated rings. The number of nitrogens with zero attached hydrogens (tertiary/aromatic N) is 2. The van der Waals surface area contributed by atoms with Gasteiger partial charge in [-0.2, -0.15) is 0 Å². The van der Waals surface area contributed by atoms with Gasteiger partial charge in [0.25, 0.3) is 5.89 Å². The highest BCUT2D eigenvalue weighted by atomic mass is 35.5. The summed E-state index contributed by atoms with van der Waals surface area (Å²) in [5, 5.41) is 7.37. The molecule has 1 heterocycles. The molecular weight excluding hydrogens is 235 g/mol. The van der Waals surface area contributed by atoms with Gasteiger partial charge in [0.1, 0.15) is 17.4 Å². The van der Waals surface area contributed by atoms with Crippen LogP contribution in [0.25, 0.3) is 0 Å². The third kappa shape index (κ3) is 2.70. The van der Waals surface area contributed by atoms with Gasteiger partial charge in [-0.3, -0.25) is 0 Å². The Hall–Kier alpha value is -1.62. The molecule has 0 saturated carbocycles. The van der Waals surface area contributed by atoms with E-state index in [0.717, 1.165) is 0 Å². The van der Waals surface area contributed by atoms with Crippen LogP contribution in [-0.2, 0) is 12.5 Å². The van der Waals surface area contributed by atoms with E-state index in [9.17, 15) is 4.39 Å². The number of hydrogen-bond donors (Lipinski definition) is 0. The van der Waals surface area contributed by atoms with E-state index in [1.54, 1.807) is 12.1 Å². The Balaban J connectivity index is 1.96. The zero-order valence-electron chi connectivity index (χ0n) is 8.19. The highest BCUT2D eigenvalue weighted by Gasteiger charge is 2.05. The number of hydrogen-bond acceptors (Lipinski definition) is 4. The van der Waals surface area contributed by atoms with Crippen LogP contribution in [0.1, 0.15) is 11.8 Å². The van der Waals surface area contributed by atoms with Crippen molar-refractivity contribution in [3.8, 4) is 5.75 Å². The van der Waals surface area contributed by atoms with Gasteiger partial charge >= 0.3 is 0 Å². The van der Waals surface area contributed by atoms with Crippen LogP contribution in [0.15, 0.2) is 28.7 Å². The summed E-state index contributed by atoms with van der Waals surface area (Å²) >= 11 is 5.49. The molecule has 0 amide bonds. The average molecular weight is 243 g/mol. The van der Waals surface area contributed by atoms with E-state index in [2.05, 4.69) is 10.2 Å². The van der Waals surface area contributed by atoms with Gasteiger partial charge in [0.05, 0.1) is 0 Å². The summed E-state index contributed by atoms with van der Waals surface area (Å²) in [6.45, 7) is 0.0906. The van der Waals surface area contributed by atoms with E-state index in [1.807, 2.05) is 0 Å². The zero-order valence-corrected chi connectivity index (χ0v) is 8.95. The Morgan fingerprint density at radius 2 is 2.12 bits per heavy atom. The molecule has 1 aromatic heterocycles. The van der Waals surface area contributed by atoms with Gasteiger partial charge < -0.3 is 9.15 Å². The highest BCUT2D eigenvalue weighted by Crippen LogP contribution is 2.13. The summed E-state index contributed by atoms with van der Waals surface area (Å²) in [5.41, 5.74) is 0. The molecule has 84 valence electrons. The van der Waals surface area contributed by atoms with Crippen LogP contribution in [0.3, 0.4) is 0 Å². The van der Waals surface area contributed by atoms with Crippen LogP contribution in [0, 0.1) is 5.82 Å². The van der Waals surface area contributed by atoms with Gasteiger partial charge in [0.2, 0.25) is 5.89 Å². The van der Waals surface area contributed by atoms with Crippen molar-refractivity contribution in [2.75, 3.05) is 0 Å². The summed E-state index contributed by atoms with van der Waals surface area (Å²) < 4.78 is 23.2. The summed E-state index contributed by atoms with van der Waals surface area (Å²) in [7, 11) is 0. The summed E-state index contributed by atoms with van der Waals surface area (Å²) in [6.07, 6.45) is 0. The SMILES string of the molecule is Fc1cccc(OCc2nnc(CCl)o2)c1. The fourth-order valence-corrected chi connectivity index (χ4v) is 1.21. The lowest BCUT2D eigenvalue weighted by atomic mass is 10.3. The first kappa shape index (κ1) is 10.9. The Labute approximate surface area is 96.0 Å². The molecule has 0 radical (unpaired) electrons. The molecule has 0 aliphatic rings. The van der Waals surface area contributed by atoms with Gasteiger partial charge in [-0.25, -0.2) is 4.39 Å². The molecule has 0 unspecified atom stereocenters. The first-order valence-corrected chi connectivity index (χ1v) is 5.07. The van der Waals surface area contributed by atoms with Crippen LogP contribution < -0.4 is 4.74 Å². The van der Waals surface area contributed by atoms with Crippen molar-refractivity contribution < 1.29 is 13.5 Å². The Morgan fingerprint density at radius 1 is 1.31 bits per heavy atom. The van der Waals surface area contributed by atoms with Gasteiger partial charge in [-0.05, 0) is 12.1 Å². The quantitative estimate of drug-likeness (QED) is 0.773. The third-order valence-electron chi connectivity index (χ3n) is 1.78. The van der Waals surface area contributed by atoms with E-state index in [0.29, 0.717) is 17.5 Å². The smallest absolute Gasteiger partial charge is 0.253 e. The van der Waals surface area contributed by atoms with Crippen molar-refractivity contribution in [3.05, 3.63) is 41.9 Å². The van der Waals surface area contributed by atoms with Crippen molar-refractivity contribution in [2.45, 2.75) is 12.5 Å². The molecule has 16 heavy (non-hydrogen) atoms. The number of alkyl halides is 1. The molecule has 0 N–H and O–H groups in total. The van der Waals surface area contributed by atoms with Crippen LogP contribution in [0.4, 0.5) is 4.39 Å². The largest absolute Gasteiger partial charge is 0.484 e. The minimum atomic E-state index is -0.357. The summed E-state index contributed by atoms with van der Waals surface area (Å²) in [6, 6.07) is 5.81. The maximum Gasteiger partial charge on any atom is 0.253 e. The number of benzene rings is 1. The maximum atomic E-state index is 12.8. The number of rotatable bonds is 4. The molecular formula is C10H8ClFN2O2. The first-order valence-electron chi connectivity index (χ1n) is 4.53. The summed E-state index contributed by atoms with van der Waals surface area (Å²) in [5.74, 6) is 0.849. The fourth-order valence-electron chi connectivity index (χ4n) is 1.10. The topological polar surface area (TPSA) is 48.2 Å². The standard InChI is InChI=1S/C10H8ClFN2O2/c11-5-9-13-14-10(16-9)6-15-8-3-1-2-7(12)4-8/h1-4H,5-6H2. The average Bonchev–Trinajstić information content (AvgIpc) is 2.74. The van der Waals surface area contributed by atoms with Crippen LogP contribution in [0.2, 0.25) is 0 Å². The van der Waals surface area contributed by atoms with Crippen molar-refractivity contribution >= 4 is 11.6 Å². The molecule has 0 aliphatic heterocycles. The molecule has 0 atom stereocenters. The van der Waals surface area contributed by atoms with Crippen molar-refractivity contribution in [3.63, 3.8) is 0 Å². The van der Waals surface area contributed by atoms with Crippen LogP contribution in [0.5, 0.6) is 5.75 Å². The number of aromatic nitrogens is 2. The van der Waals surface area contributed by atoms with Crippen molar-refractivity contribution in [1.82, 2.24) is 10.2 Å². The second-order valence-corrected chi connectivity index (χ2v) is 3.24. The molecule has 0 spiro atoms. The highest BCUT2D eigenvalue weighted by molar-refractivity contribution is 6.16. The minimum absolute atomic E-state index is 0.0906. The third-order valence-corrected chi connectivity index (χ3v) is 2.01. The lowest BCUT2D eigenvalue weighted by Gasteiger charge is -2.02. The molecule has 2 aromatic rings. The molecule has 6 heteroatoms. The van der Waals surface area contributed by atoms with E-state index >= 15 is 0 Å². The van der Waals surface area contributed by atoms with Gasteiger partial charge in [-0.15, -0.1) is 21.8 Å². The second kappa shape index (κ2) is 4.94. The lowest BCUT2D eigenvalue weighted by molar-refractivity contribution is 0.259. The predicted molar refractivity (Wildman–Crippen MR) is 54.6 cm³/mol. The van der Waals surface area contributed by atoms with Crippen molar-refractivity contribution in [1.29, 1.82) is 0 Å². The van der Waals surface area contributed by atoms with E-state index in [1.165, 1.54) is 12.1 Å². The van der Waals surface area contributed by atoms with E-state index < -0.39 is 0 Å². The molecule has 0 aliphatic carbocycles. The normalized spacial score (nSPS) is 10.4. The molecule has 1 aromatic carbocycles. The Morgan fingerprint density at radius 3 is 2.81 bits per heavy atom. The minimum Gasteiger partial charge on any atom is -0.484 e. The van der Waals surface area contributed by atoms with E-state index in [-0.39, 0.29) is 18.3 Å².